The largest absolute Gasteiger partial charge is 0.341 e. The molecule has 0 aromatic heterocycles. The lowest BCUT2D eigenvalue weighted by atomic mass is 9.99. The Morgan fingerprint density at radius 1 is 0.769 bits per heavy atom. The minimum absolute atomic E-state index is 0.251. The lowest BCUT2D eigenvalue weighted by molar-refractivity contribution is -0.194. The normalized spacial score (nSPS) is 29.5. The van der Waals surface area contributed by atoms with Crippen LogP contribution in [0.15, 0.2) is 11.7 Å². The van der Waals surface area contributed by atoms with E-state index in [9.17, 15) is 30.7 Å². The van der Waals surface area contributed by atoms with Crippen LogP contribution in [0.1, 0.15) is 6.92 Å². The Morgan fingerprint density at radius 3 is 1.08 bits per heavy atom. The van der Waals surface area contributed by atoms with Crippen LogP contribution >= 0.6 is 0 Å². The van der Waals surface area contributed by atoms with Crippen molar-refractivity contribution in [3.8, 4) is 0 Å². The molecule has 0 saturated carbocycles. The van der Waals surface area contributed by atoms with Crippen molar-refractivity contribution in [2.45, 2.75) is 24.4 Å². The molecular formula is C6H3F7. The quantitative estimate of drug-likeness (QED) is 0.536. The van der Waals surface area contributed by atoms with Gasteiger partial charge in [-0.1, -0.05) is 0 Å². The second-order valence-corrected chi connectivity index (χ2v) is 2.78. The minimum Gasteiger partial charge on any atom is -0.230 e. The molecule has 0 heterocycles. The van der Waals surface area contributed by atoms with Crippen LogP contribution in [0.3, 0.4) is 0 Å². The van der Waals surface area contributed by atoms with Crippen molar-refractivity contribution in [2.75, 3.05) is 0 Å². The fraction of sp³-hybridized carbons (Fsp3) is 0.667. The van der Waals surface area contributed by atoms with Gasteiger partial charge in [-0.2, -0.15) is 17.6 Å². The molecule has 0 spiro atoms. The number of halogens is 7. The van der Waals surface area contributed by atoms with Gasteiger partial charge in [0, 0.05) is 0 Å². The average molecular weight is 208 g/mol. The molecule has 0 atom stereocenters. The molecule has 1 rings (SSSR count). The lowest BCUT2D eigenvalue weighted by Gasteiger charge is -2.26. The van der Waals surface area contributed by atoms with Gasteiger partial charge in [-0.05, 0) is 6.92 Å². The van der Waals surface area contributed by atoms with E-state index < -0.39 is 29.2 Å². The first-order valence-electron chi connectivity index (χ1n) is 3.07. The van der Waals surface area contributed by atoms with Crippen LogP contribution in [-0.4, -0.2) is 17.5 Å². The van der Waals surface area contributed by atoms with E-state index in [1.54, 1.807) is 0 Å². The van der Waals surface area contributed by atoms with Crippen LogP contribution in [0.2, 0.25) is 0 Å². The lowest BCUT2D eigenvalue weighted by Crippen LogP contribution is -2.50. The summed E-state index contributed by atoms with van der Waals surface area (Å²) >= 11 is 0. The molecule has 7 heteroatoms. The van der Waals surface area contributed by atoms with Crippen LogP contribution in [0.25, 0.3) is 0 Å². The highest BCUT2D eigenvalue weighted by molar-refractivity contribution is 5.34. The summed E-state index contributed by atoms with van der Waals surface area (Å²) < 4.78 is 86.2. The number of rotatable bonds is 0. The molecule has 0 fully saturated rings. The summed E-state index contributed by atoms with van der Waals surface area (Å²) in [5.41, 5.74) is -4.56. The number of hydrogen-bond donors (Lipinski definition) is 0. The van der Waals surface area contributed by atoms with Crippen molar-refractivity contribution in [2.24, 2.45) is 0 Å². The van der Waals surface area contributed by atoms with Gasteiger partial charge in [-0.3, -0.25) is 0 Å². The summed E-state index contributed by atoms with van der Waals surface area (Å²) in [5.74, 6) is -16.3. The zero-order chi connectivity index (χ0) is 10.7. The summed E-state index contributed by atoms with van der Waals surface area (Å²) in [5, 5.41) is 0. The van der Waals surface area contributed by atoms with Gasteiger partial charge < -0.3 is 0 Å². The smallest absolute Gasteiger partial charge is 0.230 e. The summed E-state index contributed by atoms with van der Waals surface area (Å²) in [6.07, 6.45) is 0. The zero-order valence-corrected chi connectivity index (χ0v) is 6.15. The van der Waals surface area contributed by atoms with Crippen molar-refractivity contribution in [3.63, 3.8) is 0 Å². The Morgan fingerprint density at radius 2 is 1.00 bits per heavy atom. The summed E-state index contributed by atoms with van der Waals surface area (Å²) in [7, 11) is 0. The predicted octanol–water partition coefficient (Wildman–Crippen LogP) is 3.15. The molecule has 0 amide bonds. The van der Waals surface area contributed by atoms with Gasteiger partial charge in [0.05, 0.1) is 0 Å². The van der Waals surface area contributed by atoms with Crippen molar-refractivity contribution >= 4 is 0 Å². The van der Waals surface area contributed by atoms with Gasteiger partial charge in [0.1, 0.15) is 0 Å². The predicted molar refractivity (Wildman–Crippen MR) is 28.6 cm³/mol. The first-order valence-corrected chi connectivity index (χ1v) is 3.07. The molecule has 0 radical (unpaired) electrons. The first kappa shape index (κ1) is 10.3. The molecule has 0 aliphatic heterocycles. The summed E-state index contributed by atoms with van der Waals surface area (Å²) in [6, 6.07) is 0. The van der Waals surface area contributed by atoms with E-state index in [1.807, 2.05) is 0 Å². The zero-order valence-electron chi connectivity index (χ0n) is 6.15. The van der Waals surface area contributed by atoms with Crippen LogP contribution in [0.4, 0.5) is 30.7 Å². The summed E-state index contributed by atoms with van der Waals surface area (Å²) in [6.45, 7) is -0.251. The second kappa shape index (κ2) is 2.19. The summed E-state index contributed by atoms with van der Waals surface area (Å²) in [4.78, 5) is 0. The Bertz CT molecular complexity index is 249. The molecule has 0 aromatic rings. The third kappa shape index (κ3) is 0.871. The van der Waals surface area contributed by atoms with Crippen LogP contribution in [-0.2, 0) is 0 Å². The van der Waals surface area contributed by atoms with E-state index in [2.05, 4.69) is 0 Å². The standard InChI is InChI=1S/C6H3F7/c1-4(9)5(10,11)2(7)3(8)6(4,12)13/h1H3. The maximum atomic E-state index is 12.6. The molecule has 0 N–H and O–H groups in total. The van der Waals surface area contributed by atoms with Crippen LogP contribution < -0.4 is 0 Å². The van der Waals surface area contributed by atoms with Gasteiger partial charge in [0.25, 0.3) is 0 Å². The molecule has 0 aromatic carbocycles. The number of alkyl halides is 5. The molecule has 0 bridgehead atoms. The van der Waals surface area contributed by atoms with Crippen molar-refractivity contribution < 1.29 is 30.7 Å². The van der Waals surface area contributed by atoms with Crippen molar-refractivity contribution in [3.05, 3.63) is 11.7 Å². The topological polar surface area (TPSA) is 0 Å². The maximum Gasteiger partial charge on any atom is 0.341 e. The van der Waals surface area contributed by atoms with E-state index in [4.69, 9.17) is 0 Å². The minimum atomic E-state index is -5.12. The fourth-order valence-corrected chi connectivity index (χ4v) is 0.885. The SMILES string of the molecule is CC1(F)C(F)(F)C(F)=C(F)C1(F)F. The maximum absolute atomic E-state index is 12.6. The Labute approximate surface area is 68.0 Å². The van der Waals surface area contributed by atoms with Gasteiger partial charge in [-0.25, -0.2) is 13.2 Å². The monoisotopic (exact) mass is 208 g/mol. The highest BCUT2D eigenvalue weighted by atomic mass is 19.3. The van der Waals surface area contributed by atoms with E-state index in [0.29, 0.717) is 0 Å². The van der Waals surface area contributed by atoms with Crippen LogP contribution in [0, 0.1) is 0 Å². The molecule has 0 nitrogen and oxygen atoms in total. The molecule has 1 aliphatic carbocycles. The van der Waals surface area contributed by atoms with Crippen LogP contribution in [0.5, 0.6) is 0 Å². The fourth-order valence-electron chi connectivity index (χ4n) is 0.885. The third-order valence-electron chi connectivity index (χ3n) is 1.92. The average Bonchev–Trinajstić information content (AvgIpc) is 2.05. The third-order valence-corrected chi connectivity index (χ3v) is 1.92. The van der Waals surface area contributed by atoms with Gasteiger partial charge in [0.15, 0.2) is 0 Å². The van der Waals surface area contributed by atoms with E-state index in [1.165, 1.54) is 0 Å². The number of hydrogen-bond acceptors (Lipinski definition) is 0. The molecular weight excluding hydrogens is 205 g/mol. The first-order chi connectivity index (χ1) is 5.57. The van der Waals surface area contributed by atoms with Gasteiger partial charge in [0.2, 0.25) is 17.3 Å². The van der Waals surface area contributed by atoms with Gasteiger partial charge >= 0.3 is 11.8 Å². The van der Waals surface area contributed by atoms with Crippen molar-refractivity contribution in [1.82, 2.24) is 0 Å². The highest BCUT2D eigenvalue weighted by Crippen LogP contribution is 2.58. The van der Waals surface area contributed by atoms with Crippen molar-refractivity contribution in [1.29, 1.82) is 0 Å². The molecule has 0 unspecified atom stereocenters. The molecule has 76 valence electrons. The Hall–Kier alpha value is -0.750. The molecule has 13 heavy (non-hydrogen) atoms. The second-order valence-electron chi connectivity index (χ2n) is 2.78. The highest BCUT2D eigenvalue weighted by Gasteiger charge is 2.78. The van der Waals surface area contributed by atoms with Gasteiger partial charge in [-0.15, -0.1) is 0 Å². The van der Waals surface area contributed by atoms with E-state index in [0.717, 1.165) is 0 Å². The van der Waals surface area contributed by atoms with E-state index >= 15 is 0 Å². The molecule has 1 aliphatic rings. The molecule has 0 saturated heterocycles. The Balaban J connectivity index is 3.39. The number of allylic oxidation sites excluding steroid dienone is 2. The van der Waals surface area contributed by atoms with E-state index in [-0.39, 0.29) is 6.92 Å². The Kier molecular flexibility index (Phi) is 1.74.